The number of carbonyl (C=O) groups excluding carboxylic acids is 3. The van der Waals surface area contributed by atoms with Gasteiger partial charge in [-0.1, -0.05) is 52.4 Å². The van der Waals surface area contributed by atoms with Crippen LogP contribution >= 0.6 is 0 Å². The molecule has 0 aliphatic rings. The van der Waals surface area contributed by atoms with Crippen molar-refractivity contribution in [3.8, 4) is 0 Å². The highest BCUT2D eigenvalue weighted by Gasteiger charge is 2.25. The van der Waals surface area contributed by atoms with Crippen molar-refractivity contribution >= 4 is 17.9 Å². The van der Waals surface area contributed by atoms with Crippen LogP contribution in [0.4, 0.5) is 0 Å². The van der Waals surface area contributed by atoms with Crippen LogP contribution in [0.3, 0.4) is 0 Å². The average Bonchev–Trinajstić information content (AvgIpc) is 2.59. The summed E-state index contributed by atoms with van der Waals surface area (Å²) in [5.74, 6) is -1.20. The van der Waals surface area contributed by atoms with Crippen molar-refractivity contribution in [2.45, 2.75) is 136 Å². The van der Waals surface area contributed by atoms with E-state index in [1.165, 1.54) is 13.3 Å². The second kappa shape index (κ2) is 16.1. The van der Waals surface area contributed by atoms with Crippen molar-refractivity contribution in [1.82, 2.24) is 0 Å². The Hall–Kier alpha value is -1.59. The van der Waals surface area contributed by atoms with Gasteiger partial charge in [-0.05, 0) is 46.5 Å². The van der Waals surface area contributed by atoms with Crippen molar-refractivity contribution in [3.05, 3.63) is 0 Å². The molecular formula is C24H44O6. The fourth-order valence-corrected chi connectivity index (χ4v) is 3.23. The van der Waals surface area contributed by atoms with Crippen LogP contribution in [-0.4, -0.2) is 35.7 Å². The van der Waals surface area contributed by atoms with Gasteiger partial charge in [-0.3, -0.25) is 14.4 Å². The number of unbranched alkanes of at least 4 members (excludes halogenated alkanes) is 6. The van der Waals surface area contributed by atoms with Gasteiger partial charge in [0.05, 0.1) is 12.8 Å². The molecular weight excluding hydrogens is 384 g/mol. The Morgan fingerprint density at radius 3 is 1.70 bits per heavy atom. The van der Waals surface area contributed by atoms with Gasteiger partial charge in [0.2, 0.25) is 0 Å². The van der Waals surface area contributed by atoms with Crippen molar-refractivity contribution in [1.29, 1.82) is 0 Å². The van der Waals surface area contributed by atoms with E-state index in [1.54, 1.807) is 0 Å². The molecule has 0 radical (unpaired) electrons. The van der Waals surface area contributed by atoms with Gasteiger partial charge in [-0.25, -0.2) is 0 Å². The third-order valence-electron chi connectivity index (χ3n) is 4.60. The Kier molecular flexibility index (Phi) is 15.3. The van der Waals surface area contributed by atoms with E-state index in [0.29, 0.717) is 12.8 Å². The highest BCUT2D eigenvalue weighted by atomic mass is 16.6. The maximum absolute atomic E-state index is 12.5. The van der Waals surface area contributed by atoms with Crippen molar-refractivity contribution in [2.75, 3.05) is 0 Å². The molecule has 0 aliphatic carbocycles. The van der Waals surface area contributed by atoms with Crippen LogP contribution in [0.2, 0.25) is 0 Å². The van der Waals surface area contributed by atoms with Crippen LogP contribution in [0.25, 0.3) is 0 Å². The van der Waals surface area contributed by atoms with Gasteiger partial charge in [-0.2, -0.15) is 0 Å². The molecule has 0 amide bonds. The monoisotopic (exact) mass is 428 g/mol. The maximum atomic E-state index is 12.5. The summed E-state index contributed by atoms with van der Waals surface area (Å²) in [7, 11) is 0. The fraction of sp³-hybridized carbons (Fsp3) is 0.875. The van der Waals surface area contributed by atoms with Gasteiger partial charge in [0.25, 0.3) is 0 Å². The molecule has 0 saturated carbocycles. The summed E-state index contributed by atoms with van der Waals surface area (Å²) in [6.07, 6.45) is 8.71. The molecule has 0 aromatic heterocycles. The van der Waals surface area contributed by atoms with E-state index in [-0.39, 0.29) is 18.8 Å². The predicted molar refractivity (Wildman–Crippen MR) is 118 cm³/mol. The smallest absolute Gasteiger partial charge is 0.310 e. The first-order valence-electron chi connectivity index (χ1n) is 11.7. The average molecular weight is 429 g/mol. The van der Waals surface area contributed by atoms with E-state index < -0.39 is 29.7 Å². The number of hydrogen-bond acceptors (Lipinski definition) is 6. The van der Waals surface area contributed by atoms with Crippen LogP contribution in [0.5, 0.6) is 0 Å². The second-order valence-corrected chi connectivity index (χ2v) is 9.04. The van der Waals surface area contributed by atoms with E-state index >= 15 is 0 Å². The molecule has 0 spiro atoms. The molecule has 0 aromatic carbocycles. The predicted octanol–water partition coefficient (Wildman–Crippen LogP) is 5.89. The third-order valence-corrected chi connectivity index (χ3v) is 4.60. The summed E-state index contributed by atoms with van der Waals surface area (Å²) in [6.45, 7) is 11.0. The first-order valence-corrected chi connectivity index (χ1v) is 11.7. The summed E-state index contributed by atoms with van der Waals surface area (Å²) in [4.78, 5) is 36.1. The fourth-order valence-electron chi connectivity index (χ4n) is 3.23. The Morgan fingerprint density at radius 1 is 0.700 bits per heavy atom. The quantitative estimate of drug-likeness (QED) is 0.173. The lowest BCUT2D eigenvalue weighted by Gasteiger charge is -2.23. The summed E-state index contributed by atoms with van der Waals surface area (Å²) >= 11 is 0. The molecule has 0 unspecified atom stereocenters. The highest BCUT2D eigenvalue weighted by Crippen LogP contribution is 2.18. The first-order chi connectivity index (χ1) is 14.1. The molecule has 6 heteroatoms. The molecule has 0 aromatic rings. The zero-order valence-electron chi connectivity index (χ0n) is 20.1. The van der Waals surface area contributed by atoms with Gasteiger partial charge >= 0.3 is 17.9 Å². The summed E-state index contributed by atoms with van der Waals surface area (Å²) in [5, 5.41) is 0. The number of ether oxygens (including phenoxy) is 3. The molecule has 2 atom stereocenters. The van der Waals surface area contributed by atoms with Crippen LogP contribution in [-0.2, 0) is 28.6 Å². The SMILES string of the molecule is CCCCCCC[C@H](CC(=O)OC(C)(C)C)OC(=O)C[C@@H](CCCCC)OC(C)=O. The topological polar surface area (TPSA) is 78.9 Å². The van der Waals surface area contributed by atoms with Crippen molar-refractivity contribution in [3.63, 3.8) is 0 Å². The van der Waals surface area contributed by atoms with Crippen molar-refractivity contribution < 1.29 is 28.6 Å². The largest absolute Gasteiger partial charge is 0.462 e. The normalized spacial score (nSPS) is 13.4. The number of carbonyl (C=O) groups is 3. The summed E-state index contributed by atoms with van der Waals surface area (Å²) in [5.41, 5.74) is -0.577. The van der Waals surface area contributed by atoms with Gasteiger partial charge in [-0.15, -0.1) is 0 Å². The van der Waals surface area contributed by atoms with E-state index in [2.05, 4.69) is 13.8 Å². The minimum Gasteiger partial charge on any atom is -0.462 e. The lowest BCUT2D eigenvalue weighted by Crippen LogP contribution is -2.30. The van der Waals surface area contributed by atoms with Crippen LogP contribution in [0, 0.1) is 0 Å². The summed E-state index contributed by atoms with van der Waals surface area (Å²) in [6, 6.07) is 0. The van der Waals surface area contributed by atoms with Crippen LogP contribution in [0.15, 0.2) is 0 Å². The Morgan fingerprint density at radius 2 is 1.17 bits per heavy atom. The maximum Gasteiger partial charge on any atom is 0.310 e. The molecule has 30 heavy (non-hydrogen) atoms. The number of hydrogen-bond donors (Lipinski definition) is 0. The zero-order chi connectivity index (χ0) is 23.0. The van der Waals surface area contributed by atoms with E-state index in [4.69, 9.17) is 14.2 Å². The first kappa shape index (κ1) is 28.4. The van der Waals surface area contributed by atoms with Gasteiger partial charge in [0, 0.05) is 6.92 Å². The van der Waals surface area contributed by atoms with E-state index in [0.717, 1.165) is 44.9 Å². The number of rotatable bonds is 16. The Balaban J connectivity index is 4.81. The number of esters is 3. The van der Waals surface area contributed by atoms with E-state index in [1.807, 2.05) is 20.8 Å². The lowest BCUT2D eigenvalue weighted by molar-refractivity contribution is -0.163. The molecule has 0 fully saturated rings. The van der Waals surface area contributed by atoms with Gasteiger partial charge < -0.3 is 14.2 Å². The molecule has 6 nitrogen and oxygen atoms in total. The molecule has 0 rings (SSSR count). The lowest BCUT2D eigenvalue weighted by atomic mass is 10.1. The second-order valence-electron chi connectivity index (χ2n) is 9.04. The molecule has 0 saturated heterocycles. The van der Waals surface area contributed by atoms with Gasteiger partial charge in [0.1, 0.15) is 17.8 Å². The Bertz CT molecular complexity index is 494. The molecule has 0 heterocycles. The van der Waals surface area contributed by atoms with Gasteiger partial charge in [0.15, 0.2) is 0 Å². The molecule has 0 bridgehead atoms. The molecule has 176 valence electrons. The zero-order valence-corrected chi connectivity index (χ0v) is 20.1. The van der Waals surface area contributed by atoms with Crippen LogP contribution < -0.4 is 0 Å². The molecule has 0 N–H and O–H groups in total. The minimum absolute atomic E-state index is 0.0178. The highest BCUT2D eigenvalue weighted by molar-refractivity contribution is 5.73. The third kappa shape index (κ3) is 17.3. The summed E-state index contributed by atoms with van der Waals surface area (Å²) < 4.78 is 16.3. The van der Waals surface area contributed by atoms with E-state index in [9.17, 15) is 14.4 Å². The molecule has 0 aliphatic heterocycles. The Labute approximate surface area is 183 Å². The minimum atomic E-state index is -0.577. The standard InChI is InChI=1S/C24H44O6/c1-7-9-11-12-14-16-21(18-23(27)30-24(4,5)6)29-22(26)17-20(28-19(3)25)15-13-10-8-2/h20-21H,7-18H2,1-6H3/t20-,21-/m1/s1. The van der Waals surface area contributed by atoms with Crippen molar-refractivity contribution in [2.24, 2.45) is 0 Å². The van der Waals surface area contributed by atoms with Crippen LogP contribution in [0.1, 0.15) is 119 Å².